The maximum Gasteiger partial charge on any atom is 0.296 e. The summed E-state index contributed by atoms with van der Waals surface area (Å²) in [6.45, 7) is 1.42. The normalized spacial score (nSPS) is 13.7. The standard InChI is InChI=1S/C13H16FN3O2/c1-16(2)4-5-17(3)11-7-10-8(6-9(11)14)12(18)13(19)15-10/h6-7H,4-5H2,1-3H3,(H,15,18,19). The van der Waals surface area contributed by atoms with Crippen molar-refractivity contribution in [3.63, 3.8) is 0 Å². The molecular formula is C13H16FN3O2. The molecule has 0 radical (unpaired) electrons. The summed E-state index contributed by atoms with van der Waals surface area (Å²) in [4.78, 5) is 26.4. The maximum absolute atomic E-state index is 14.0. The highest BCUT2D eigenvalue weighted by molar-refractivity contribution is 6.51. The summed E-state index contributed by atoms with van der Waals surface area (Å²) in [7, 11) is 5.64. The average Bonchev–Trinajstić information content (AvgIpc) is 2.61. The number of benzene rings is 1. The third-order valence-electron chi connectivity index (χ3n) is 3.08. The van der Waals surface area contributed by atoms with Crippen LogP contribution in [0.2, 0.25) is 0 Å². The Morgan fingerprint density at radius 2 is 1.84 bits per heavy atom. The van der Waals surface area contributed by atoms with Crippen LogP contribution in [-0.2, 0) is 4.79 Å². The summed E-state index contributed by atoms with van der Waals surface area (Å²) < 4.78 is 14.0. The SMILES string of the molecule is CN(C)CCN(C)c1cc2c(cc1F)C(=O)C(=O)N2. The molecule has 6 heteroatoms. The molecule has 0 aliphatic carbocycles. The number of Topliss-reactive ketones (excluding diaryl/α,β-unsaturated/α-hetero) is 1. The topological polar surface area (TPSA) is 52.7 Å². The summed E-state index contributed by atoms with van der Waals surface area (Å²) in [5.41, 5.74) is 0.853. The van der Waals surface area contributed by atoms with Gasteiger partial charge in [0.05, 0.1) is 16.9 Å². The maximum atomic E-state index is 14.0. The van der Waals surface area contributed by atoms with Crippen molar-refractivity contribution in [3.05, 3.63) is 23.5 Å². The molecule has 5 nitrogen and oxygen atoms in total. The van der Waals surface area contributed by atoms with Gasteiger partial charge in [-0.2, -0.15) is 0 Å². The Balaban J connectivity index is 2.27. The Kier molecular flexibility index (Phi) is 3.53. The van der Waals surface area contributed by atoms with E-state index in [1.807, 2.05) is 19.0 Å². The molecule has 0 fully saturated rings. The number of amides is 1. The number of fused-ring (bicyclic) bond motifs is 1. The van der Waals surface area contributed by atoms with Crippen molar-refractivity contribution >= 4 is 23.1 Å². The van der Waals surface area contributed by atoms with Gasteiger partial charge in [0, 0.05) is 20.1 Å². The van der Waals surface area contributed by atoms with Crippen molar-refractivity contribution in [2.75, 3.05) is 44.4 Å². The van der Waals surface area contributed by atoms with Crippen LogP contribution in [0.15, 0.2) is 12.1 Å². The van der Waals surface area contributed by atoms with Crippen molar-refractivity contribution < 1.29 is 14.0 Å². The molecule has 0 saturated heterocycles. The van der Waals surface area contributed by atoms with E-state index in [2.05, 4.69) is 5.32 Å². The molecule has 0 atom stereocenters. The summed E-state index contributed by atoms with van der Waals surface area (Å²) in [6, 6.07) is 2.63. The quantitative estimate of drug-likeness (QED) is 0.824. The van der Waals surface area contributed by atoms with E-state index >= 15 is 0 Å². The molecule has 102 valence electrons. The van der Waals surface area contributed by atoms with E-state index in [4.69, 9.17) is 0 Å². The number of ketones is 1. The monoisotopic (exact) mass is 265 g/mol. The van der Waals surface area contributed by atoms with Crippen molar-refractivity contribution in [2.45, 2.75) is 0 Å². The van der Waals surface area contributed by atoms with Gasteiger partial charge in [0.2, 0.25) is 0 Å². The number of nitrogens with one attached hydrogen (secondary N) is 1. The molecular weight excluding hydrogens is 249 g/mol. The zero-order valence-corrected chi connectivity index (χ0v) is 11.2. The van der Waals surface area contributed by atoms with Gasteiger partial charge in [-0.25, -0.2) is 4.39 Å². The lowest BCUT2D eigenvalue weighted by atomic mass is 10.1. The van der Waals surface area contributed by atoms with Crippen molar-refractivity contribution in [1.82, 2.24) is 4.90 Å². The molecule has 1 aromatic rings. The largest absolute Gasteiger partial charge is 0.371 e. The highest BCUT2D eigenvalue weighted by Crippen LogP contribution is 2.30. The van der Waals surface area contributed by atoms with Crippen LogP contribution in [-0.4, -0.2) is 50.8 Å². The number of carbonyl (C=O) groups excluding carboxylic acids is 2. The first-order valence-electron chi connectivity index (χ1n) is 5.95. The molecule has 0 aromatic heterocycles. The van der Waals surface area contributed by atoms with E-state index in [0.29, 0.717) is 17.9 Å². The van der Waals surface area contributed by atoms with Gasteiger partial charge in [0.15, 0.2) is 0 Å². The number of halogens is 1. The molecule has 19 heavy (non-hydrogen) atoms. The zero-order valence-electron chi connectivity index (χ0n) is 11.2. The number of rotatable bonds is 4. The van der Waals surface area contributed by atoms with Crippen LogP contribution in [0.4, 0.5) is 15.8 Å². The van der Waals surface area contributed by atoms with Gasteiger partial charge in [0.1, 0.15) is 5.82 Å². The number of nitrogens with zero attached hydrogens (tertiary/aromatic N) is 2. The Labute approximate surface area is 111 Å². The third-order valence-corrected chi connectivity index (χ3v) is 3.08. The van der Waals surface area contributed by atoms with Gasteiger partial charge in [-0.15, -0.1) is 0 Å². The van der Waals surface area contributed by atoms with E-state index < -0.39 is 17.5 Å². The van der Waals surface area contributed by atoms with Crippen LogP contribution >= 0.6 is 0 Å². The molecule has 1 amide bonds. The predicted octanol–water partition coefficient (Wildman–Crippen LogP) is 0.958. The fraction of sp³-hybridized carbons (Fsp3) is 0.385. The smallest absolute Gasteiger partial charge is 0.296 e. The number of carbonyl (C=O) groups is 2. The minimum absolute atomic E-state index is 0.104. The number of anilines is 2. The number of likely N-dealkylation sites (N-methyl/N-ethyl adjacent to an activating group) is 2. The molecule has 0 bridgehead atoms. The van der Waals surface area contributed by atoms with Crippen molar-refractivity contribution in [1.29, 1.82) is 0 Å². The Hall–Kier alpha value is -1.95. The second-order valence-corrected chi connectivity index (χ2v) is 4.86. The first kappa shape index (κ1) is 13.5. The predicted molar refractivity (Wildman–Crippen MR) is 71.2 cm³/mol. The first-order chi connectivity index (χ1) is 8.90. The van der Waals surface area contributed by atoms with Gasteiger partial charge in [0.25, 0.3) is 11.7 Å². The lowest BCUT2D eigenvalue weighted by molar-refractivity contribution is -0.112. The van der Waals surface area contributed by atoms with Gasteiger partial charge >= 0.3 is 0 Å². The summed E-state index contributed by atoms with van der Waals surface area (Å²) >= 11 is 0. The Bertz CT molecular complexity index is 543. The zero-order chi connectivity index (χ0) is 14.2. The fourth-order valence-corrected chi connectivity index (χ4v) is 1.92. The van der Waals surface area contributed by atoms with Gasteiger partial charge in [-0.3, -0.25) is 9.59 Å². The minimum atomic E-state index is -0.706. The molecule has 1 aliphatic heterocycles. The van der Waals surface area contributed by atoms with Crippen LogP contribution in [0, 0.1) is 5.82 Å². The highest BCUT2D eigenvalue weighted by atomic mass is 19.1. The fourth-order valence-electron chi connectivity index (χ4n) is 1.92. The molecule has 0 saturated carbocycles. The molecule has 1 aliphatic rings. The van der Waals surface area contributed by atoms with Crippen LogP contribution in [0.5, 0.6) is 0 Å². The number of hydrogen-bond acceptors (Lipinski definition) is 4. The van der Waals surface area contributed by atoms with Crippen LogP contribution < -0.4 is 10.2 Å². The average molecular weight is 265 g/mol. The van der Waals surface area contributed by atoms with Gasteiger partial charge in [-0.1, -0.05) is 0 Å². The highest BCUT2D eigenvalue weighted by Gasteiger charge is 2.29. The van der Waals surface area contributed by atoms with Crippen LogP contribution in [0.3, 0.4) is 0 Å². The van der Waals surface area contributed by atoms with Crippen molar-refractivity contribution in [2.24, 2.45) is 0 Å². The summed E-state index contributed by atoms with van der Waals surface area (Å²) in [5, 5.41) is 2.44. The van der Waals surface area contributed by atoms with Crippen molar-refractivity contribution in [3.8, 4) is 0 Å². The van der Waals surface area contributed by atoms with Crippen LogP contribution in [0.25, 0.3) is 0 Å². The molecule has 2 rings (SSSR count). The summed E-state index contributed by atoms with van der Waals surface area (Å²) in [6.07, 6.45) is 0. The third kappa shape index (κ3) is 2.58. The molecule has 1 heterocycles. The molecule has 0 spiro atoms. The van der Waals surface area contributed by atoms with Gasteiger partial charge in [-0.05, 0) is 26.2 Å². The molecule has 1 N–H and O–H groups in total. The second kappa shape index (κ2) is 4.97. The van der Waals surface area contributed by atoms with E-state index in [1.165, 1.54) is 6.07 Å². The number of hydrogen-bond donors (Lipinski definition) is 1. The summed E-state index contributed by atoms with van der Waals surface area (Å²) in [5.74, 6) is -1.89. The van der Waals surface area contributed by atoms with Gasteiger partial charge < -0.3 is 15.1 Å². The molecule has 1 aromatic carbocycles. The lowest BCUT2D eigenvalue weighted by Gasteiger charge is -2.22. The first-order valence-corrected chi connectivity index (χ1v) is 5.95. The van der Waals surface area contributed by atoms with E-state index in [0.717, 1.165) is 12.6 Å². The second-order valence-electron chi connectivity index (χ2n) is 4.86. The Morgan fingerprint density at radius 3 is 2.47 bits per heavy atom. The van der Waals surface area contributed by atoms with E-state index in [1.54, 1.807) is 11.9 Å². The van der Waals surface area contributed by atoms with E-state index in [-0.39, 0.29) is 5.56 Å². The molecule has 0 unspecified atom stereocenters. The lowest BCUT2D eigenvalue weighted by Crippen LogP contribution is -2.29. The Morgan fingerprint density at radius 1 is 1.16 bits per heavy atom. The van der Waals surface area contributed by atoms with E-state index in [9.17, 15) is 14.0 Å². The minimum Gasteiger partial charge on any atom is -0.371 e. The van der Waals surface area contributed by atoms with Crippen LogP contribution in [0.1, 0.15) is 10.4 Å².